The number of anilines is 4. The van der Waals surface area contributed by atoms with Gasteiger partial charge in [-0.05, 0) is 30.7 Å². The quantitative estimate of drug-likeness (QED) is 0.606. The van der Waals surface area contributed by atoms with E-state index in [0.29, 0.717) is 23.9 Å². The van der Waals surface area contributed by atoms with Crippen LogP contribution in [0.15, 0.2) is 48.9 Å². The Morgan fingerprint density at radius 2 is 2.00 bits per heavy atom. The summed E-state index contributed by atoms with van der Waals surface area (Å²) in [4.78, 5) is 31.6. The van der Waals surface area contributed by atoms with Crippen molar-refractivity contribution in [3.63, 3.8) is 0 Å². The van der Waals surface area contributed by atoms with E-state index in [-0.39, 0.29) is 31.2 Å². The molecule has 2 fully saturated rings. The molecule has 0 saturated carbocycles. The van der Waals surface area contributed by atoms with Crippen LogP contribution < -0.4 is 20.0 Å². The number of carbonyl (C=O) groups is 1. The fourth-order valence-corrected chi connectivity index (χ4v) is 4.98. The Bertz CT molecular complexity index is 1300. The standard InChI is InChI=1S/C24H22F3N7O/c25-16-10-17(12-28-11-16)30-23(35)34-18-4-7-32(13-18)20-2-1-19(31-22(20)34)15-3-6-29-21(9-15)33-8-5-24(26,27)14-33/h1-3,6,9-12,18H,4-5,7-8,13-14H2,(H,30,35)/t18-/m0/s1. The summed E-state index contributed by atoms with van der Waals surface area (Å²) in [5.74, 6) is -2.29. The zero-order chi connectivity index (χ0) is 24.2. The van der Waals surface area contributed by atoms with E-state index in [0.717, 1.165) is 30.4 Å². The number of nitrogens with one attached hydrogen (secondary N) is 1. The number of amides is 2. The van der Waals surface area contributed by atoms with Crippen molar-refractivity contribution in [2.45, 2.75) is 24.8 Å². The maximum absolute atomic E-state index is 13.7. The van der Waals surface area contributed by atoms with Crippen molar-refractivity contribution in [3.05, 3.63) is 54.7 Å². The second kappa shape index (κ2) is 8.10. The van der Waals surface area contributed by atoms with Gasteiger partial charge in [0.2, 0.25) is 0 Å². The topological polar surface area (TPSA) is 77.5 Å². The highest BCUT2D eigenvalue weighted by Crippen LogP contribution is 2.41. The molecule has 2 bridgehead atoms. The molecule has 2 saturated heterocycles. The number of halogens is 3. The maximum Gasteiger partial charge on any atom is 0.327 e. The van der Waals surface area contributed by atoms with Gasteiger partial charge in [0.05, 0.1) is 42.0 Å². The van der Waals surface area contributed by atoms with Gasteiger partial charge in [-0.25, -0.2) is 27.9 Å². The number of carbonyl (C=O) groups excluding carboxylic acids is 1. The molecule has 35 heavy (non-hydrogen) atoms. The van der Waals surface area contributed by atoms with Crippen molar-refractivity contribution in [3.8, 4) is 11.3 Å². The minimum absolute atomic E-state index is 0.0772. The van der Waals surface area contributed by atoms with E-state index in [1.807, 2.05) is 12.1 Å². The van der Waals surface area contributed by atoms with Crippen molar-refractivity contribution < 1.29 is 18.0 Å². The lowest BCUT2D eigenvalue weighted by Crippen LogP contribution is -2.48. The lowest BCUT2D eigenvalue weighted by molar-refractivity contribution is 0.0256. The second-order valence-corrected chi connectivity index (χ2v) is 9.05. The van der Waals surface area contributed by atoms with Gasteiger partial charge in [0.25, 0.3) is 5.92 Å². The molecule has 6 rings (SSSR count). The molecule has 6 heterocycles. The van der Waals surface area contributed by atoms with Crippen LogP contribution in [-0.4, -0.2) is 59.1 Å². The Morgan fingerprint density at radius 1 is 1.11 bits per heavy atom. The highest BCUT2D eigenvalue weighted by Gasteiger charge is 2.41. The summed E-state index contributed by atoms with van der Waals surface area (Å²) in [6.07, 6.45) is 4.62. The molecule has 0 radical (unpaired) electrons. The number of hydrogen-bond donors (Lipinski definition) is 1. The zero-order valence-corrected chi connectivity index (χ0v) is 18.7. The lowest BCUT2D eigenvalue weighted by atomic mass is 10.1. The zero-order valence-electron chi connectivity index (χ0n) is 18.7. The van der Waals surface area contributed by atoms with Gasteiger partial charge < -0.3 is 15.1 Å². The number of aromatic nitrogens is 3. The van der Waals surface area contributed by atoms with Gasteiger partial charge >= 0.3 is 6.03 Å². The molecule has 0 spiro atoms. The summed E-state index contributed by atoms with van der Waals surface area (Å²) in [5.41, 5.74) is 2.42. The predicted octanol–water partition coefficient (Wildman–Crippen LogP) is 4.15. The average molecular weight is 481 g/mol. The molecule has 1 N–H and O–H groups in total. The largest absolute Gasteiger partial charge is 0.366 e. The molecule has 0 unspecified atom stereocenters. The third-order valence-electron chi connectivity index (χ3n) is 6.66. The van der Waals surface area contributed by atoms with Crippen LogP contribution in [0.5, 0.6) is 0 Å². The molecule has 3 aromatic rings. The number of urea groups is 1. The molecule has 0 aromatic carbocycles. The Kier molecular flexibility index (Phi) is 5.01. The number of rotatable bonds is 3. The van der Waals surface area contributed by atoms with E-state index in [2.05, 4.69) is 20.2 Å². The molecule has 3 aliphatic heterocycles. The number of pyridine rings is 3. The van der Waals surface area contributed by atoms with Crippen molar-refractivity contribution in [2.75, 3.05) is 46.2 Å². The predicted molar refractivity (Wildman–Crippen MR) is 126 cm³/mol. The molecule has 11 heteroatoms. The van der Waals surface area contributed by atoms with Crippen molar-refractivity contribution in [1.29, 1.82) is 0 Å². The summed E-state index contributed by atoms with van der Waals surface area (Å²) >= 11 is 0. The Labute approximate surface area is 199 Å². The Hall–Kier alpha value is -3.89. The van der Waals surface area contributed by atoms with Gasteiger partial charge in [-0.1, -0.05) is 0 Å². The van der Waals surface area contributed by atoms with Gasteiger partial charge in [0.15, 0.2) is 5.82 Å². The summed E-state index contributed by atoms with van der Waals surface area (Å²) < 4.78 is 41.0. The summed E-state index contributed by atoms with van der Waals surface area (Å²) in [6.45, 7) is 1.36. The smallest absolute Gasteiger partial charge is 0.327 e. The average Bonchev–Trinajstić information content (AvgIpc) is 3.42. The molecular formula is C24H22F3N7O. The summed E-state index contributed by atoms with van der Waals surface area (Å²) in [6, 6.07) is 8.02. The van der Waals surface area contributed by atoms with Gasteiger partial charge in [0.1, 0.15) is 11.6 Å². The first kappa shape index (κ1) is 21.6. The summed E-state index contributed by atoms with van der Waals surface area (Å²) in [7, 11) is 0. The molecule has 180 valence electrons. The van der Waals surface area contributed by atoms with Crippen molar-refractivity contribution in [1.82, 2.24) is 15.0 Å². The molecular weight excluding hydrogens is 459 g/mol. The first-order valence-corrected chi connectivity index (χ1v) is 11.4. The molecule has 2 amide bonds. The Morgan fingerprint density at radius 3 is 2.80 bits per heavy atom. The fourth-order valence-electron chi connectivity index (χ4n) is 4.98. The summed E-state index contributed by atoms with van der Waals surface area (Å²) in [5, 5.41) is 2.73. The van der Waals surface area contributed by atoms with Crippen LogP contribution in [0, 0.1) is 5.82 Å². The van der Waals surface area contributed by atoms with Crippen molar-refractivity contribution >= 4 is 29.0 Å². The van der Waals surface area contributed by atoms with Gasteiger partial charge in [-0.2, -0.15) is 0 Å². The highest BCUT2D eigenvalue weighted by molar-refractivity contribution is 6.04. The number of hydrogen-bond acceptors (Lipinski definition) is 6. The minimum Gasteiger partial charge on any atom is -0.366 e. The number of fused-ring (bicyclic) bond motifs is 4. The SMILES string of the molecule is O=C(Nc1cncc(F)c1)N1c2nc(-c3ccnc(N4CCC(F)(F)C4)c3)ccc2N2CC[C@H]1C2. The van der Waals surface area contributed by atoms with Crippen LogP contribution in [0.4, 0.5) is 41.0 Å². The third kappa shape index (κ3) is 4.00. The number of nitrogens with zero attached hydrogens (tertiary/aromatic N) is 6. The van der Waals surface area contributed by atoms with Crippen LogP contribution >= 0.6 is 0 Å². The molecule has 3 aromatic heterocycles. The highest BCUT2D eigenvalue weighted by atomic mass is 19.3. The monoisotopic (exact) mass is 481 g/mol. The van der Waals surface area contributed by atoms with Crippen LogP contribution in [0.2, 0.25) is 0 Å². The van der Waals surface area contributed by atoms with E-state index in [9.17, 15) is 18.0 Å². The molecule has 0 aliphatic carbocycles. The van der Waals surface area contributed by atoms with E-state index >= 15 is 0 Å². The maximum atomic E-state index is 13.7. The van der Waals surface area contributed by atoms with Crippen LogP contribution in [-0.2, 0) is 0 Å². The molecule has 1 atom stereocenters. The van der Waals surface area contributed by atoms with Crippen LogP contribution in [0.25, 0.3) is 11.3 Å². The van der Waals surface area contributed by atoms with Gasteiger partial charge in [0, 0.05) is 43.9 Å². The van der Waals surface area contributed by atoms with E-state index in [1.54, 1.807) is 28.1 Å². The third-order valence-corrected chi connectivity index (χ3v) is 6.66. The normalized spacial score (nSPS) is 20.2. The molecule has 8 nitrogen and oxygen atoms in total. The lowest BCUT2D eigenvalue weighted by Gasteiger charge is -2.36. The van der Waals surface area contributed by atoms with Crippen molar-refractivity contribution in [2.24, 2.45) is 0 Å². The molecule has 3 aliphatic rings. The first-order chi connectivity index (χ1) is 16.9. The second-order valence-electron chi connectivity index (χ2n) is 9.05. The number of alkyl halides is 2. The van der Waals surface area contributed by atoms with E-state index in [1.165, 1.54) is 12.3 Å². The van der Waals surface area contributed by atoms with Gasteiger partial charge in [-0.3, -0.25) is 9.88 Å². The Balaban J connectivity index is 1.33. The minimum atomic E-state index is -2.72. The van der Waals surface area contributed by atoms with E-state index < -0.39 is 17.8 Å². The van der Waals surface area contributed by atoms with Crippen LogP contribution in [0.1, 0.15) is 12.8 Å². The van der Waals surface area contributed by atoms with E-state index in [4.69, 9.17) is 4.98 Å². The van der Waals surface area contributed by atoms with Crippen LogP contribution in [0.3, 0.4) is 0 Å². The van der Waals surface area contributed by atoms with Gasteiger partial charge in [-0.15, -0.1) is 0 Å². The fraction of sp³-hybridized carbons (Fsp3) is 0.333. The first-order valence-electron chi connectivity index (χ1n) is 11.4.